The molecule has 1 atom stereocenters. The summed E-state index contributed by atoms with van der Waals surface area (Å²) in [5, 5.41) is 4.79. The largest absolute Gasteiger partial charge is 0.445 e. The van der Waals surface area contributed by atoms with Gasteiger partial charge in [-0.05, 0) is 35.2 Å². The lowest BCUT2D eigenvalue weighted by atomic mass is 10.1. The first-order chi connectivity index (χ1) is 16.8. The van der Waals surface area contributed by atoms with Crippen LogP contribution in [0.3, 0.4) is 0 Å². The third kappa shape index (κ3) is 6.33. The van der Waals surface area contributed by atoms with Crippen LogP contribution in [-0.4, -0.2) is 48.0 Å². The molecule has 2 amide bonds. The van der Waals surface area contributed by atoms with Gasteiger partial charge in [-0.25, -0.2) is 4.79 Å². The van der Waals surface area contributed by atoms with Crippen LogP contribution in [-0.2, 0) is 22.3 Å². The fourth-order valence-electron chi connectivity index (χ4n) is 3.76. The number of halogens is 3. The number of carbonyl (C=O) groups excluding carboxylic acids is 2. The summed E-state index contributed by atoms with van der Waals surface area (Å²) in [6.45, 7) is 1.37. The Morgan fingerprint density at radius 1 is 0.943 bits per heavy atom. The van der Waals surface area contributed by atoms with E-state index >= 15 is 0 Å². The van der Waals surface area contributed by atoms with Crippen molar-refractivity contribution < 1.29 is 27.5 Å². The lowest BCUT2D eigenvalue weighted by molar-refractivity contribution is -0.137. The monoisotopic (exact) mass is 503 g/mol. The van der Waals surface area contributed by atoms with Crippen molar-refractivity contribution in [2.75, 3.05) is 31.5 Å². The Bertz CT molecular complexity index is 1130. The number of ether oxygens (including phenoxy) is 1. The average Bonchev–Trinajstić information content (AvgIpc) is 3.40. The van der Waals surface area contributed by atoms with Crippen molar-refractivity contribution >= 4 is 29.0 Å². The van der Waals surface area contributed by atoms with E-state index in [0.29, 0.717) is 31.1 Å². The summed E-state index contributed by atoms with van der Waals surface area (Å²) in [4.78, 5) is 29.7. The van der Waals surface area contributed by atoms with Crippen LogP contribution in [0.25, 0.3) is 0 Å². The zero-order chi connectivity index (χ0) is 24.8. The molecular formula is C25H24F3N3O3S. The van der Waals surface area contributed by atoms with Crippen LogP contribution in [0.15, 0.2) is 72.1 Å². The van der Waals surface area contributed by atoms with E-state index in [1.165, 1.54) is 23.5 Å². The highest BCUT2D eigenvalue weighted by atomic mass is 32.1. The second-order valence-electron chi connectivity index (χ2n) is 8.02. The molecule has 2 heterocycles. The molecule has 1 unspecified atom stereocenters. The second kappa shape index (κ2) is 10.8. The van der Waals surface area contributed by atoms with E-state index in [0.717, 1.165) is 17.7 Å². The molecule has 10 heteroatoms. The lowest BCUT2D eigenvalue weighted by Gasteiger charge is -2.36. The molecule has 1 aliphatic rings. The fourth-order valence-corrected chi connectivity index (χ4v) is 4.53. The predicted octanol–water partition coefficient (Wildman–Crippen LogP) is 5.40. The molecule has 4 rings (SSSR count). The highest BCUT2D eigenvalue weighted by Crippen LogP contribution is 2.32. The van der Waals surface area contributed by atoms with E-state index < -0.39 is 23.9 Å². The number of carbonyl (C=O) groups is 2. The third-order valence-electron chi connectivity index (χ3n) is 5.63. The summed E-state index contributed by atoms with van der Waals surface area (Å²) in [6, 6.07) is 16.9. The number of benzene rings is 2. The van der Waals surface area contributed by atoms with Gasteiger partial charge in [0.1, 0.15) is 12.6 Å². The van der Waals surface area contributed by atoms with Crippen LogP contribution >= 0.6 is 11.3 Å². The number of hydrogen-bond donors (Lipinski definition) is 1. The quantitative estimate of drug-likeness (QED) is 0.489. The molecule has 0 aliphatic carbocycles. The molecule has 184 valence electrons. The van der Waals surface area contributed by atoms with Crippen LogP contribution in [0.5, 0.6) is 0 Å². The van der Waals surface area contributed by atoms with Crippen molar-refractivity contribution in [3.63, 3.8) is 0 Å². The van der Waals surface area contributed by atoms with Crippen LogP contribution in [0.2, 0.25) is 0 Å². The Labute approximate surface area is 204 Å². The first kappa shape index (κ1) is 24.6. The van der Waals surface area contributed by atoms with E-state index in [9.17, 15) is 22.8 Å². The molecule has 1 fully saturated rings. The lowest BCUT2D eigenvalue weighted by Crippen LogP contribution is -2.52. The summed E-state index contributed by atoms with van der Waals surface area (Å²) >= 11 is 1.35. The Balaban J connectivity index is 1.38. The van der Waals surface area contributed by atoms with Gasteiger partial charge in [0.2, 0.25) is 0 Å². The number of piperazine rings is 1. The molecule has 0 saturated carbocycles. The Kier molecular flexibility index (Phi) is 7.60. The number of nitrogens with zero attached hydrogens (tertiary/aromatic N) is 2. The first-order valence-electron chi connectivity index (χ1n) is 11.0. The predicted molar refractivity (Wildman–Crippen MR) is 127 cm³/mol. The topological polar surface area (TPSA) is 61.9 Å². The standard InChI is InChI=1S/C25H24F3N3O3S/c26-25(27,28)19-8-4-9-20(16-19)29-22(21-10-5-15-35-21)23(32)30-11-13-31(14-12-30)24(33)34-17-18-6-2-1-3-7-18/h1-10,15-16,22,29H,11-14,17H2. The molecule has 0 bridgehead atoms. The minimum Gasteiger partial charge on any atom is -0.445 e. The number of hydrogen-bond acceptors (Lipinski definition) is 5. The SMILES string of the molecule is O=C(OCc1ccccc1)N1CCN(C(=O)C(Nc2cccc(C(F)(F)F)c2)c2cccs2)CC1. The van der Waals surface area contributed by atoms with Gasteiger partial charge in [-0.1, -0.05) is 42.5 Å². The fraction of sp³-hybridized carbons (Fsp3) is 0.280. The van der Waals surface area contributed by atoms with Crippen molar-refractivity contribution in [2.45, 2.75) is 18.8 Å². The van der Waals surface area contributed by atoms with Gasteiger partial charge in [0.05, 0.1) is 5.56 Å². The molecule has 1 N–H and O–H groups in total. The van der Waals surface area contributed by atoms with Gasteiger partial charge in [-0.2, -0.15) is 13.2 Å². The van der Waals surface area contributed by atoms with Gasteiger partial charge in [0.15, 0.2) is 0 Å². The summed E-state index contributed by atoms with van der Waals surface area (Å²) in [5.41, 5.74) is 0.298. The van der Waals surface area contributed by atoms with Crippen molar-refractivity contribution in [3.8, 4) is 0 Å². The minimum absolute atomic E-state index is 0.167. The number of anilines is 1. The Morgan fingerprint density at radius 3 is 2.31 bits per heavy atom. The summed E-state index contributed by atoms with van der Waals surface area (Å²) in [6.07, 6.45) is -4.93. The van der Waals surface area contributed by atoms with Crippen LogP contribution in [0, 0.1) is 0 Å². The van der Waals surface area contributed by atoms with Gasteiger partial charge in [-0.3, -0.25) is 4.79 Å². The maximum absolute atomic E-state index is 13.4. The van der Waals surface area contributed by atoms with E-state index in [1.807, 2.05) is 35.7 Å². The van der Waals surface area contributed by atoms with Gasteiger partial charge in [-0.15, -0.1) is 11.3 Å². The zero-order valence-electron chi connectivity index (χ0n) is 18.7. The number of thiophene rings is 1. The number of rotatable bonds is 6. The normalized spacial score (nSPS) is 14.9. The Morgan fingerprint density at radius 2 is 1.66 bits per heavy atom. The highest BCUT2D eigenvalue weighted by molar-refractivity contribution is 7.10. The molecule has 6 nitrogen and oxygen atoms in total. The van der Waals surface area contributed by atoms with E-state index in [2.05, 4.69) is 5.32 Å². The third-order valence-corrected chi connectivity index (χ3v) is 6.57. The summed E-state index contributed by atoms with van der Waals surface area (Å²) in [7, 11) is 0. The van der Waals surface area contributed by atoms with Gasteiger partial charge < -0.3 is 19.9 Å². The highest BCUT2D eigenvalue weighted by Gasteiger charge is 2.33. The number of amides is 2. The van der Waals surface area contributed by atoms with Gasteiger partial charge >= 0.3 is 12.3 Å². The first-order valence-corrected chi connectivity index (χ1v) is 11.9. The Hall–Kier alpha value is -3.53. The smallest absolute Gasteiger partial charge is 0.416 e. The van der Waals surface area contributed by atoms with Gasteiger partial charge in [0, 0.05) is 36.7 Å². The summed E-state index contributed by atoms with van der Waals surface area (Å²) < 4.78 is 44.8. The molecule has 0 radical (unpaired) electrons. The van der Waals surface area contributed by atoms with E-state index in [1.54, 1.807) is 21.9 Å². The van der Waals surface area contributed by atoms with E-state index in [-0.39, 0.29) is 18.2 Å². The molecule has 1 aromatic heterocycles. The molecule has 1 aliphatic heterocycles. The van der Waals surface area contributed by atoms with Crippen molar-refractivity contribution in [2.24, 2.45) is 0 Å². The molecule has 2 aromatic carbocycles. The average molecular weight is 504 g/mol. The molecular weight excluding hydrogens is 479 g/mol. The maximum Gasteiger partial charge on any atom is 0.416 e. The van der Waals surface area contributed by atoms with Crippen LogP contribution < -0.4 is 5.32 Å². The molecule has 3 aromatic rings. The molecule has 0 spiro atoms. The van der Waals surface area contributed by atoms with Crippen LogP contribution in [0.4, 0.5) is 23.7 Å². The van der Waals surface area contributed by atoms with Crippen LogP contribution in [0.1, 0.15) is 22.0 Å². The minimum atomic E-state index is -4.48. The van der Waals surface area contributed by atoms with Crippen molar-refractivity contribution in [3.05, 3.63) is 88.1 Å². The second-order valence-corrected chi connectivity index (χ2v) is 9.00. The maximum atomic E-state index is 13.4. The van der Waals surface area contributed by atoms with Crippen molar-refractivity contribution in [1.82, 2.24) is 9.80 Å². The number of alkyl halides is 3. The number of nitrogens with one attached hydrogen (secondary N) is 1. The molecule has 35 heavy (non-hydrogen) atoms. The zero-order valence-corrected chi connectivity index (χ0v) is 19.5. The van der Waals surface area contributed by atoms with Gasteiger partial charge in [0.25, 0.3) is 5.91 Å². The summed E-state index contributed by atoms with van der Waals surface area (Å²) in [5.74, 6) is -0.262. The van der Waals surface area contributed by atoms with Crippen molar-refractivity contribution in [1.29, 1.82) is 0 Å². The molecule has 1 saturated heterocycles. The van der Waals surface area contributed by atoms with E-state index in [4.69, 9.17) is 4.74 Å².